The molecule has 0 bridgehead atoms. The normalized spacial score (nSPS) is 18.0. The van der Waals surface area contributed by atoms with Crippen LogP contribution in [-0.2, 0) is 16.9 Å². The standard InChI is InChI=1S/C25H24BrNO3S/c1-15(2)17-9-8-16(3)18(12-17)14-27-20-7-5-4-6-19(20)25(30,24(27)29)13-21(28)22-10-11-23(26)31-22/h4-12,15,30H,13-14H2,1-3H3/t25-/m0/s1. The van der Waals surface area contributed by atoms with Crippen LogP contribution in [0.5, 0.6) is 0 Å². The van der Waals surface area contributed by atoms with Gasteiger partial charge < -0.3 is 10.0 Å². The quantitative estimate of drug-likeness (QED) is 0.428. The molecule has 0 saturated carbocycles. The number of fused-ring (bicyclic) bond motifs is 1. The van der Waals surface area contributed by atoms with Crippen LogP contribution in [0.3, 0.4) is 0 Å². The lowest BCUT2D eigenvalue weighted by Gasteiger charge is -2.23. The third kappa shape index (κ3) is 4.00. The van der Waals surface area contributed by atoms with Crippen LogP contribution in [0.1, 0.15) is 58.1 Å². The molecule has 4 nitrogen and oxygen atoms in total. The van der Waals surface area contributed by atoms with Gasteiger partial charge in [-0.25, -0.2) is 0 Å². The van der Waals surface area contributed by atoms with E-state index in [1.54, 1.807) is 29.2 Å². The summed E-state index contributed by atoms with van der Waals surface area (Å²) < 4.78 is 0.836. The Morgan fingerprint density at radius 3 is 2.58 bits per heavy atom. The van der Waals surface area contributed by atoms with Gasteiger partial charge in [-0.3, -0.25) is 9.59 Å². The van der Waals surface area contributed by atoms with Crippen molar-refractivity contribution in [1.29, 1.82) is 0 Å². The highest BCUT2D eigenvalue weighted by Gasteiger charge is 2.50. The van der Waals surface area contributed by atoms with E-state index < -0.39 is 11.5 Å². The molecule has 3 aromatic rings. The molecule has 0 aliphatic carbocycles. The van der Waals surface area contributed by atoms with Crippen molar-refractivity contribution < 1.29 is 14.7 Å². The highest BCUT2D eigenvalue weighted by molar-refractivity contribution is 9.11. The first-order valence-electron chi connectivity index (χ1n) is 10.2. The molecule has 31 heavy (non-hydrogen) atoms. The van der Waals surface area contributed by atoms with Gasteiger partial charge in [0.25, 0.3) is 5.91 Å². The van der Waals surface area contributed by atoms with E-state index in [0.717, 1.165) is 14.9 Å². The average molecular weight is 498 g/mol. The number of nitrogens with zero attached hydrogens (tertiary/aromatic N) is 1. The first kappa shape index (κ1) is 21.9. The van der Waals surface area contributed by atoms with Crippen LogP contribution in [0.15, 0.2) is 58.4 Å². The number of Topliss-reactive ketones (excluding diaryl/α,β-unsaturated/α-hetero) is 1. The number of aliphatic hydroxyl groups is 1. The number of benzene rings is 2. The molecule has 1 amide bonds. The largest absolute Gasteiger partial charge is 0.375 e. The van der Waals surface area contributed by atoms with Crippen molar-refractivity contribution >= 4 is 44.6 Å². The molecule has 1 aliphatic heterocycles. The number of para-hydroxylation sites is 1. The van der Waals surface area contributed by atoms with Crippen molar-refractivity contribution in [2.45, 2.75) is 45.3 Å². The molecule has 1 N–H and O–H groups in total. The number of carbonyl (C=O) groups excluding carboxylic acids is 2. The topological polar surface area (TPSA) is 57.6 Å². The molecule has 0 unspecified atom stereocenters. The maximum atomic E-state index is 13.5. The fourth-order valence-electron chi connectivity index (χ4n) is 4.01. The van der Waals surface area contributed by atoms with E-state index in [0.29, 0.717) is 28.6 Å². The molecular weight excluding hydrogens is 474 g/mol. The number of thiophene rings is 1. The van der Waals surface area contributed by atoms with Crippen molar-refractivity contribution in [2.24, 2.45) is 0 Å². The smallest absolute Gasteiger partial charge is 0.264 e. The summed E-state index contributed by atoms with van der Waals surface area (Å²) in [7, 11) is 0. The molecular formula is C25H24BrNO3S. The minimum Gasteiger partial charge on any atom is -0.375 e. The lowest BCUT2D eigenvalue weighted by atomic mass is 9.89. The number of halogens is 1. The van der Waals surface area contributed by atoms with Gasteiger partial charge in [0.15, 0.2) is 11.4 Å². The van der Waals surface area contributed by atoms with Crippen LogP contribution in [0.4, 0.5) is 5.69 Å². The van der Waals surface area contributed by atoms with Gasteiger partial charge in [0, 0.05) is 5.56 Å². The van der Waals surface area contributed by atoms with E-state index in [4.69, 9.17) is 0 Å². The highest BCUT2D eigenvalue weighted by atomic mass is 79.9. The molecule has 4 rings (SSSR count). The first-order chi connectivity index (χ1) is 14.7. The van der Waals surface area contributed by atoms with Gasteiger partial charge in [0.05, 0.1) is 27.3 Å². The summed E-state index contributed by atoms with van der Waals surface area (Å²) in [4.78, 5) is 28.5. The van der Waals surface area contributed by atoms with E-state index in [1.165, 1.54) is 16.9 Å². The first-order valence-corrected chi connectivity index (χ1v) is 11.8. The number of rotatable bonds is 6. The Hall–Kier alpha value is -2.28. The Morgan fingerprint density at radius 2 is 1.90 bits per heavy atom. The molecule has 0 fully saturated rings. The maximum Gasteiger partial charge on any atom is 0.264 e. The zero-order valence-electron chi connectivity index (χ0n) is 17.7. The SMILES string of the molecule is Cc1ccc(C(C)C)cc1CN1C(=O)[C@](O)(CC(=O)c2ccc(Br)s2)c2ccccc21. The van der Waals surface area contributed by atoms with Crippen LogP contribution < -0.4 is 4.90 Å². The Kier molecular flexibility index (Phi) is 5.90. The monoisotopic (exact) mass is 497 g/mol. The van der Waals surface area contributed by atoms with Crippen LogP contribution in [0, 0.1) is 6.92 Å². The third-order valence-electron chi connectivity index (χ3n) is 5.87. The molecule has 1 atom stereocenters. The number of ketones is 1. The number of carbonyl (C=O) groups is 2. The van der Waals surface area contributed by atoms with Gasteiger partial charge in [0.1, 0.15) is 0 Å². The van der Waals surface area contributed by atoms with Crippen molar-refractivity contribution in [3.05, 3.63) is 85.5 Å². The summed E-state index contributed by atoms with van der Waals surface area (Å²) in [5.41, 5.74) is 2.60. The number of aryl methyl sites for hydroxylation is 1. The van der Waals surface area contributed by atoms with Crippen LogP contribution in [0.2, 0.25) is 0 Å². The van der Waals surface area contributed by atoms with Gasteiger partial charge >= 0.3 is 0 Å². The summed E-state index contributed by atoms with van der Waals surface area (Å²) in [6.07, 6.45) is -0.280. The molecule has 160 valence electrons. The van der Waals surface area contributed by atoms with Gasteiger partial charge in [-0.05, 0) is 63.7 Å². The zero-order valence-corrected chi connectivity index (χ0v) is 20.1. The van der Waals surface area contributed by atoms with E-state index >= 15 is 0 Å². The lowest BCUT2D eigenvalue weighted by Crippen LogP contribution is -2.41. The number of amides is 1. The Bertz CT molecular complexity index is 1170. The summed E-state index contributed by atoms with van der Waals surface area (Å²) in [5.74, 6) is -0.325. The van der Waals surface area contributed by atoms with E-state index in [2.05, 4.69) is 48.0 Å². The number of hydrogen-bond acceptors (Lipinski definition) is 4. The van der Waals surface area contributed by atoms with Gasteiger partial charge in [-0.1, -0.05) is 50.2 Å². The molecule has 0 spiro atoms. The number of hydrogen-bond donors (Lipinski definition) is 1. The molecule has 2 heterocycles. The average Bonchev–Trinajstić information content (AvgIpc) is 3.26. The lowest BCUT2D eigenvalue weighted by molar-refractivity contribution is -0.136. The second-order valence-electron chi connectivity index (χ2n) is 8.31. The Balaban J connectivity index is 1.69. The van der Waals surface area contributed by atoms with Crippen LogP contribution in [-0.4, -0.2) is 16.8 Å². The third-order valence-corrected chi connectivity index (χ3v) is 7.54. The summed E-state index contributed by atoms with van der Waals surface area (Å²) in [6, 6.07) is 17.0. The zero-order chi connectivity index (χ0) is 22.3. The van der Waals surface area contributed by atoms with E-state index in [9.17, 15) is 14.7 Å². The maximum absolute atomic E-state index is 13.5. The van der Waals surface area contributed by atoms with Gasteiger partial charge in [0.2, 0.25) is 0 Å². The minimum atomic E-state index is -1.87. The predicted octanol–water partition coefficient (Wildman–Crippen LogP) is 5.95. The van der Waals surface area contributed by atoms with Crippen LogP contribution >= 0.6 is 27.3 Å². The summed E-state index contributed by atoms with van der Waals surface area (Å²) in [5, 5.41) is 11.5. The Morgan fingerprint density at radius 1 is 1.16 bits per heavy atom. The molecule has 0 saturated heterocycles. The second kappa shape index (κ2) is 8.34. The molecule has 1 aromatic heterocycles. The molecule has 0 radical (unpaired) electrons. The predicted molar refractivity (Wildman–Crippen MR) is 128 cm³/mol. The van der Waals surface area contributed by atoms with Gasteiger partial charge in [-0.15, -0.1) is 11.3 Å². The van der Waals surface area contributed by atoms with Crippen molar-refractivity contribution in [1.82, 2.24) is 0 Å². The molecule has 2 aromatic carbocycles. The summed E-state index contributed by atoms with van der Waals surface area (Å²) in [6.45, 7) is 6.65. The number of anilines is 1. The van der Waals surface area contributed by atoms with Crippen LogP contribution in [0.25, 0.3) is 0 Å². The van der Waals surface area contributed by atoms with Gasteiger partial charge in [-0.2, -0.15) is 0 Å². The Labute approximate surface area is 194 Å². The van der Waals surface area contributed by atoms with Crippen molar-refractivity contribution in [3.63, 3.8) is 0 Å². The van der Waals surface area contributed by atoms with Crippen molar-refractivity contribution in [2.75, 3.05) is 4.90 Å². The molecule has 1 aliphatic rings. The molecule has 6 heteroatoms. The fraction of sp³-hybridized carbons (Fsp3) is 0.280. The minimum absolute atomic E-state index is 0.249. The summed E-state index contributed by atoms with van der Waals surface area (Å²) >= 11 is 4.66. The second-order valence-corrected chi connectivity index (χ2v) is 10.8. The van der Waals surface area contributed by atoms with Crippen molar-refractivity contribution in [3.8, 4) is 0 Å². The highest BCUT2D eigenvalue weighted by Crippen LogP contribution is 2.44. The fourth-order valence-corrected chi connectivity index (χ4v) is 5.33. The van der Waals surface area contributed by atoms with E-state index in [-0.39, 0.29) is 12.2 Å². The van der Waals surface area contributed by atoms with E-state index in [1.807, 2.05) is 19.1 Å².